The predicted octanol–water partition coefficient (Wildman–Crippen LogP) is 2.36. The van der Waals surface area contributed by atoms with Crippen molar-refractivity contribution in [2.24, 2.45) is 0 Å². The molecule has 0 radical (unpaired) electrons. The molecule has 0 amide bonds. The van der Waals surface area contributed by atoms with Crippen molar-refractivity contribution in [1.29, 1.82) is 0 Å². The highest BCUT2D eigenvalue weighted by Gasteiger charge is 2.09. The summed E-state index contributed by atoms with van der Waals surface area (Å²) >= 11 is 0. The van der Waals surface area contributed by atoms with E-state index in [1.54, 1.807) is 12.3 Å². The van der Waals surface area contributed by atoms with Crippen molar-refractivity contribution in [3.05, 3.63) is 58.3 Å². The Balaban J connectivity index is 2.08. The van der Waals surface area contributed by atoms with E-state index in [9.17, 15) is 14.3 Å². The lowest BCUT2D eigenvalue weighted by Crippen LogP contribution is -2.16. The van der Waals surface area contributed by atoms with Crippen LogP contribution in [0.5, 0.6) is 0 Å². The van der Waals surface area contributed by atoms with Crippen LogP contribution in [0.15, 0.2) is 47.5 Å². The van der Waals surface area contributed by atoms with E-state index in [4.69, 9.17) is 0 Å². The Kier molecular flexibility index (Phi) is 4.64. The van der Waals surface area contributed by atoms with Gasteiger partial charge in [0.1, 0.15) is 0 Å². The van der Waals surface area contributed by atoms with Gasteiger partial charge in [0.15, 0.2) is 6.20 Å². The zero-order valence-electron chi connectivity index (χ0n) is 11.7. The van der Waals surface area contributed by atoms with E-state index in [0.29, 0.717) is 6.54 Å². The van der Waals surface area contributed by atoms with Crippen LogP contribution < -0.4 is 4.90 Å². The molecule has 1 atom stereocenters. The zero-order chi connectivity index (χ0) is 15.4. The van der Waals surface area contributed by atoms with Crippen molar-refractivity contribution in [1.82, 2.24) is 4.98 Å². The Labute approximate surface area is 125 Å². The van der Waals surface area contributed by atoms with Gasteiger partial charge in [0.25, 0.3) is 0 Å². The van der Waals surface area contributed by atoms with Crippen LogP contribution in [0.4, 0.5) is 11.5 Å². The van der Waals surface area contributed by atoms with E-state index in [1.165, 1.54) is 12.3 Å². The average Bonchev–Trinajstić information content (AvgIpc) is 2.47. The molecular formula is C14H15N3O3S. The van der Waals surface area contributed by atoms with Gasteiger partial charge in [-0.3, -0.25) is 4.21 Å². The van der Waals surface area contributed by atoms with Crippen LogP contribution in [0.25, 0.3) is 0 Å². The predicted molar refractivity (Wildman–Crippen MR) is 81.8 cm³/mol. The topological polar surface area (TPSA) is 76.3 Å². The highest BCUT2D eigenvalue weighted by Crippen LogP contribution is 2.17. The fraction of sp³-hybridized carbons (Fsp3) is 0.214. The van der Waals surface area contributed by atoms with E-state index in [-0.39, 0.29) is 5.82 Å². The van der Waals surface area contributed by atoms with Crippen molar-refractivity contribution in [3.8, 4) is 0 Å². The summed E-state index contributed by atoms with van der Waals surface area (Å²) in [5.41, 5.74) is 1.86. The standard InChI is InChI=1S/C14H15N3O3S/c1-16(12-5-8-14(15-9-12)17(18)19)10-11-3-6-13(7-4-11)21(2)20/h3-9H,10H2,1-2H3/t21-/m0/s1. The Hall–Kier alpha value is -2.28. The highest BCUT2D eigenvalue weighted by molar-refractivity contribution is 7.84. The van der Waals surface area contributed by atoms with E-state index < -0.39 is 15.7 Å². The molecule has 7 heteroatoms. The maximum absolute atomic E-state index is 11.3. The van der Waals surface area contributed by atoms with Gasteiger partial charge in [-0.25, -0.2) is 0 Å². The number of nitro groups is 1. The quantitative estimate of drug-likeness (QED) is 0.626. The molecule has 0 unspecified atom stereocenters. The molecule has 0 aliphatic heterocycles. The molecule has 0 spiro atoms. The number of nitrogens with zero attached hydrogens (tertiary/aromatic N) is 3. The van der Waals surface area contributed by atoms with Crippen LogP contribution in [-0.2, 0) is 17.3 Å². The first-order valence-electron chi connectivity index (χ1n) is 6.21. The Morgan fingerprint density at radius 1 is 1.24 bits per heavy atom. The maximum Gasteiger partial charge on any atom is 0.363 e. The van der Waals surface area contributed by atoms with Crippen molar-refractivity contribution in [2.45, 2.75) is 11.4 Å². The summed E-state index contributed by atoms with van der Waals surface area (Å²) in [4.78, 5) is 16.6. The van der Waals surface area contributed by atoms with Gasteiger partial charge in [0.05, 0.1) is 5.69 Å². The zero-order valence-corrected chi connectivity index (χ0v) is 12.5. The second kappa shape index (κ2) is 6.45. The van der Waals surface area contributed by atoms with Gasteiger partial charge in [-0.05, 0) is 33.7 Å². The third-order valence-corrected chi connectivity index (χ3v) is 3.97. The number of rotatable bonds is 5. The lowest BCUT2D eigenvalue weighted by Gasteiger charge is -2.17. The van der Waals surface area contributed by atoms with Crippen LogP contribution in [0.1, 0.15) is 5.56 Å². The molecule has 0 bridgehead atoms. The fourth-order valence-electron chi connectivity index (χ4n) is 1.86. The first-order chi connectivity index (χ1) is 9.97. The summed E-state index contributed by atoms with van der Waals surface area (Å²) in [7, 11) is 0.903. The van der Waals surface area contributed by atoms with Gasteiger partial charge in [-0.1, -0.05) is 12.1 Å². The molecule has 2 aromatic rings. The van der Waals surface area contributed by atoms with Gasteiger partial charge in [-0.2, -0.15) is 0 Å². The molecule has 2 rings (SSSR count). The van der Waals surface area contributed by atoms with E-state index in [0.717, 1.165) is 16.1 Å². The third kappa shape index (κ3) is 3.85. The summed E-state index contributed by atoms with van der Waals surface area (Å²) in [6, 6.07) is 10.6. The second-order valence-electron chi connectivity index (χ2n) is 4.59. The smallest absolute Gasteiger partial charge is 0.363 e. The van der Waals surface area contributed by atoms with E-state index in [1.807, 2.05) is 36.2 Å². The summed E-state index contributed by atoms with van der Waals surface area (Å²) in [6.07, 6.45) is 3.12. The van der Waals surface area contributed by atoms with Gasteiger partial charge in [0, 0.05) is 41.6 Å². The first-order valence-corrected chi connectivity index (χ1v) is 7.77. The molecule has 6 nitrogen and oxygen atoms in total. The summed E-state index contributed by atoms with van der Waals surface area (Å²) in [5.74, 6) is -0.165. The van der Waals surface area contributed by atoms with Crippen LogP contribution in [0, 0.1) is 10.1 Å². The fourth-order valence-corrected chi connectivity index (χ4v) is 2.38. The lowest BCUT2D eigenvalue weighted by molar-refractivity contribution is -0.389. The number of hydrogen-bond donors (Lipinski definition) is 0. The van der Waals surface area contributed by atoms with Gasteiger partial charge >= 0.3 is 5.82 Å². The molecule has 0 fully saturated rings. The third-order valence-electron chi connectivity index (χ3n) is 3.04. The molecule has 0 aliphatic carbocycles. The number of aromatic nitrogens is 1. The molecule has 21 heavy (non-hydrogen) atoms. The molecular weight excluding hydrogens is 290 g/mol. The monoisotopic (exact) mass is 305 g/mol. The van der Waals surface area contributed by atoms with Crippen LogP contribution in [-0.4, -0.2) is 27.4 Å². The van der Waals surface area contributed by atoms with Crippen LogP contribution in [0.3, 0.4) is 0 Å². The minimum absolute atomic E-state index is 0.165. The van der Waals surface area contributed by atoms with Crippen LogP contribution in [0.2, 0.25) is 0 Å². The number of benzene rings is 1. The molecule has 1 heterocycles. The molecule has 1 aromatic carbocycles. The van der Waals surface area contributed by atoms with Gasteiger partial charge in [-0.15, -0.1) is 0 Å². The first kappa shape index (κ1) is 15.1. The normalized spacial score (nSPS) is 11.9. The molecule has 110 valence electrons. The molecule has 1 aromatic heterocycles. The number of pyridine rings is 1. The Morgan fingerprint density at radius 2 is 1.90 bits per heavy atom. The van der Waals surface area contributed by atoms with E-state index in [2.05, 4.69) is 4.98 Å². The summed E-state index contributed by atoms with van der Waals surface area (Å²) in [6.45, 7) is 0.635. The molecule has 0 aliphatic rings. The van der Waals surface area contributed by atoms with Crippen molar-refractivity contribution in [3.63, 3.8) is 0 Å². The summed E-state index contributed by atoms with van der Waals surface area (Å²) < 4.78 is 11.3. The second-order valence-corrected chi connectivity index (χ2v) is 5.97. The Morgan fingerprint density at radius 3 is 2.38 bits per heavy atom. The SMILES string of the molecule is CN(Cc1ccc([S@](C)=O)cc1)c1ccc([N+](=O)[O-])nc1. The van der Waals surface area contributed by atoms with Crippen molar-refractivity contribution in [2.75, 3.05) is 18.2 Å². The van der Waals surface area contributed by atoms with Crippen molar-refractivity contribution < 1.29 is 9.13 Å². The van der Waals surface area contributed by atoms with E-state index >= 15 is 0 Å². The minimum atomic E-state index is -0.981. The lowest BCUT2D eigenvalue weighted by atomic mass is 10.2. The molecule has 0 saturated heterocycles. The van der Waals surface area contributed by atoms with Gasteiger partial charge < -0.3 is 15.0 Å². The van der Waals surface area contributed by atoms with Gasteiger partial charge in [0.2, 0.25) is 0 Å². The highest BCUT2D eigenvalue weighted by atomic mass is 32.2. The Bertz CT molecular complexity index is 656. The maximum atomic E-state index is 11.3. The average molecular weight is 305 g/mol. The number of hydrogen-bond acceptors (Lipinski definition) is 5. The summed E-state index contributed by atoms with van der Waals surface area (Å²) in [5, 5.41) is 10.6. The van der Waals surface area contributed by atoms with Crippen molar-refractivity contribution >= 4 is 22.3 Å². The molecule has 0 N–H and O–H groups in total. The largest absolute Gasteiger partial charge is 0.367 e. The minimum Gasteiger partial charge on any atom is -0.367 e. The molecule has 0 saturated carbocycles. The van der Waals surface area contributed by atoms with Crippen LogP contribution >= 0.6 is 0 Å². The number of anilines is 1.